The molecule has 0 aromatic heterocycles. The number of rotatable bonds is 10. The number of carbonyl (C=O) groups is 3. The maximum Gasteiger partial charge on any atom is 0.331 e. The summed E-state index contributed by atoms with van der Waals surface area (Å²) in [4.78, 5) is 39.2. The van der Waals surface area contributed by atoms with Gasteiger partial charge in [-0.3, -0.25) is 19.8 Å². The number of halogens is 2. The van der Waals surface area contributed by atoms with E-state index in [2.05, 4.69) is 5.32 Å². The Morgan fingerprint density at radius 2 is 1.69 bits per heavy atom. The molecule has 1 saturated heterocycles. The molecule has 0 bridgehead atoms. The van der Waals surface area contributed by atoms with Crippen molar-refractivity contribution < 1.29 is 28.6 Å². The number of ether oxygens (including phenoxy) is 3. The zero-order valence-corrected chi connectivity index (χ0v) is 22.8. The first kappa shape index (κ1) is 28.0. The minimum absolute atomic E-state index is 0.0558. The minimum Gasteiger partial charge on any atom is -0.493 e. The smallest absolute Gasteiger partial charge is 0.331 e. The number of imide groups is 2. The van der Waals surface area contributed by atoms with Crippen molar-refractivity contribution in [3.63, 3.8) is 0 Å². The number of carbonyl (C=O) groups excluding carboxylic acids is 3. The second-order valence-electron chi connectivity index (χ2n) is 8.64. The van der Waals surface area contributed by atoms with Gasteiger partial charge in [0.15, 0.2) is 11.5 Å². The van der Waals surface area contributed by atoms with E-state index in [0.717, 1.165) is 16.9 Å². The molecule has 3 aromatic carbocycles. The van der Waals surface area contributed by atoms with Crippen molar-refractivity contribution >= 4 is 47.1 Å². The van der Waals surface area contributed by atoms with Gasteiger partial charge in [-0.2, -0.15) is 0 Å². The van der Waals surface area contributed by atoms with Crippen molar-refractivity contribution in [1.29, 1.82) is 0 Å². The lowest BCUT2D eigenvalue weighted by atomic mass is 10.1. The van der Waals surface area contributed by atoms with Crippen molar-refractivity contribution in [3.05, 3.63) is 93.0 Å². The lowest BCUT2D eigenvalue weighted by Gasteiger charge is -2.26. The predicted molar refractivity (Wildman–Crippen MR) is 148 cm³/mol. The Morgan fingerprint density at radius 1 is 0.923 bits per heavy atom. The van der Waals surface area contributed by atoms with E-state index in [-0.39, 0.29) is 18.7 Å². The molecule has 0 radical (unpaired) electrons. The molecule has 1 aliphatic heterocycles. The Morgan fingerprint density at radius 3 is 2.38 bits per heavy atom. The van der Waals surface area contributed by atoms with E-state index < -0.39 is 17.8 Å². The van der Waals surface area contributed by atoms with Gasteiger partial charge in [0.2, 0.25) is 0 Å². The molecule has 0 spiro atoms. The molecule has 4 amide bonds. The van der Waals surface area contributed by atoms with Crippen molar-refractivity contribution in [2.24, 2.45) is 0 Å². The first-order chi connectivity index (χ1) is 18.8. The molecule has 3 aromatic rings. The summed E-state index contributed by atoms with van der Waals surface area (Å²) in [6.07, 6.45) is 2.27. The second kappa shape index (κ2) is 12.7. The lowest BCUT2D eigenvalue weighted by molar-refractivity contribution is -0.130. The normalized spacial score (nSPS) is 14.4. The first-order valence-corrected chi connectivity index (χ1v) is 12.9. The fourth-order valence-electron chi connectivity index (χ4n) is 3.79. The van der Waals surface area contributed by atoms with Gasteiger partial charge in [-0.15, -0.1) is 0 Å². The number of hydrogen-bond donors (Lipinski definition) is 1. The molecule has 0 aliphatic carbocycles. The van der Waals surface area contributed by atoms with Crippen molar-refractivity contribution in [2.45, 2.75) is 26.5 Å². The molecule has 1 aliphatic rings. The maximum atomic E-state index is 13.2. The molecule has 8 nitrogen and oxygen atoms in total. The molecule has 0 saturated carbocycles. The summed E-state index contributed by atoms with van der Waals surface area (Å²) in [6.45, 7) is 2.71. The Balaban J connectivity index is 1.47. The molecule has 1 N–H and O–H groups in total. The first-order valence-electron chi connectivity index (χ1n) is 12.1. The Hall–Kier alpha value is -4.01. The van der Waals surface area contributed by atoms with Crippen LogP contribution < -0.4 is 19.5 Å². The molecular weight excluding hydrogens is 543 g/mol. The van der Waals surface area contributed by atoms with Gasteiger partial charge in [-0.25, -0.2) is 4.79 Å². The largest absolute Gasteiger partial charge is 0.493 e. The monoisotopic (exact) mass is 568 g/mol. The Labute approximate surface area is 236 Å². The van der Waals surface area contributed by atoms with Gasteiger partial charge < -0.3 is 14.2 Å². The zero-order valence-electron chi connectivity index (χ0n) is 21.3. The standard InChI is InChI=1S/C29H26Cl2N2O6/c1-3-12-38-25-11-6-19(14-26(25)37-2)16-33-28(35)23(27(34)32-29(33)36)13-18-4-9-22(10-5-18)39-17-20-7-8-21(30)15-24(20)31/h4-11,13-15H,3,12,16-17H2,1-2H3,(H,32,34,36)/b23-13+. The van der Waals surface area contributed by atoms with Crippen LogP contribution in [0.15, 0.2) is 66.2 Å². The third-order valence-corrected chi connectivity index (χ3v) is 6.40. The Bertz CT molecular complexity index is 1420. The minimum atomic E-state index is -0.794. The van der Waals surface area contributed by atoms with Crippen LogP contribution in [0.2, 0.25) is 10.0 Å². The highest BCUT2D eigenvalue weighted by molar-refractivity contribution is 6.35. The summed E-state index contributed by atoms with van der Waals surface area (Å²) < 4.78 is 16.8. The molecule has 0 unspecified atom stereocenters. The fraction of sp³-hybridized carbons (Fsp3) is 0.207. The number of hydrogen-bond acceptors (Lipinski definition) is 6. The van der Waals surface area contributed by atoms with E-state index >= 15 is 0 Å². The van der Waals surface area contributed by atoms with Gasteiger partial charge in [0.25, 0.3) is 11.8 Å². The number of amides is 4. The molecule has 4 rings (SSSR count). The molecular formula is C29H26Cl2N2O6. The van der Waals surface area contributed by atoms with Crippen molar-refractivity contribution in [2.75, 3.05) is 13.7 Å². The number of benzene rings is 3. The number of nitrogens with zero attached hydrogens (tertiary/aromatic N) is 1. The third-order valence-electron chi connectivity index (χ3n) is 5.82. The summed E-state index contributed by atoms with van der Waals surface area (Å²) in [5.41, 5.74) is 1.84. The molecule has 1 fully saturated rings. The SMILES string of the molecule is CCCOc1ccc(CN2C(=O)NC(=O)/C(=C\c3ccc(OCc4ccc(Cl)cc4Cl)cc3)C2=O)cc1OC. The molecule has 0 atom stereocenters. The van der Waals surface area contributed by atoms with Gasteiger partial charge in [0.05, 0.1) is 20.3 Å². The van der Waals surface area contributed by atoms with Gasteiger partial charge >= 0.3 is 6.03 Å². The molecule has 202 valence electrons. The van der Waals surface area contributed by atoms with Crippen LogP contribution in [0.1, 0.15) is 30.0 Å². The average molecular weight is 569 g/mol. The molecule has 10 heteroatoms. The van der Waals surface area contributed by atoms with Crippen LogP contribution in [-0.4, -0.2) is 36.5 Å². The van der Waals surface area contributed by atoms with Gasteiger partial charge in [-0.1, -0.05) is 54.4 Å². The summed E-state index contributed by atoms with van der Waals surface area (Å²) in [5.74, 6) is 0.154. The van der Waals surface area contributed by atoms with Crippen molar-refractivity contribution in [3.8, 4) is 17.2 Å². The highest BCUT2D eigenvalue weighted by Crippen LogP contribution is 2.29. The van der Waals surface area contributed by atoms with Crippen LogP contribution in [0.3, 0.4) is 0 Å². The topological polar surface area (TPSA) is 94.2 Å². The number of urea groups is 1. The summed E-state index contributed by atoms with van der Waals surface area (Å²) in [7, 11) is 1.51. The third kappa shape index (κ3) is 6.90. The predicted octanol–water partition coefficient (Wildman–Crippen LogP) is 6.03. The Kier molecular flexibility index (Phi) is 9.11. The fourth-order valence-corrected chi connectivity index (χ4v) is 4.25. The van der Waals surface area contributed by atoms with Crippen LogP contribution in [0.25, 0.3) is 6.08 Å². The highest BCUT2D eigenvalue weighted by atomic mass is 35.5. The number of methoxy groups -OCH3 is 1. The van der Waals surface area contributed by atoms with Gasteiger partial charge in [0, 0.05) is 15.6 Å². The number of nitrogens with one attached hydrogen (secondary N) is 1. The van der Waals surface area contributed by atoms with Gasteiger partial charge in [0.1, 0.15) is 17.9 Å². The second-order valence-corrected chi connectivity index (χ2v) is 9.48. The summed E-state index contributed by atoms with van der Waals surface area (Å²) >= 11 is 12.1. The van der Waals surface area contributed by atoms with Crippen LogP contribution in [-0.2, 0) is 22.7 Å². The molecule has 39 heavy (non-hydrogen) atoms. The summed E-state index contributed by atoms with van der Waals surface area (Å²) in [5, 5.41) is 3.28. The maximum absolute atomic E-state index is 13.2. The van der Waals surface area contributed by atoms with Crippen molar-refractivity contribution in [1.82, 2.24) is 10.2 Å². The van der Waals surface area contributed by atoms with Gasteiger partial charge in [-0.05, 0) is 60.0 Å². The van der Waals surface area contributed by atoms with Crippen LogP contribution in [0.4, 0.5) is 4.79 Å². The quantitative estimate of drug-likeness (QED) is 0.237. The van der Waals surface area contributed by atoms with Crippen LogP contribution >= 0.6 is 23.2 Å². The zero-order chi connectivity index (χ0) is 27.9. The summed E-state index contributed by atoms with van der Waals surface area (Å²) in [6, 6.07) is 16.3. The highest BCUT2D eigenvalue weighted by Gasteiger charge is 2.35. The average Bonchev–Trinajstić information content (AvgIpc) is 2.92. The molecule has 1 heterocycles. The number of barbiturate groups is 1. The van der Waals surface area contributed by atoms with Crippen LogP contribution in [0, 0.1) is 0 Å². The van der Waals surface area contributed by atoms with E-state index in [1.807, 2.05) is 6.92 Å². The lowest BCUT2D eigenvalue weighted by Crippen LogP contribution is -2.53. The van der Waals surface area contributed by atoms with E-state index in [0.29, 0.717) is 45.0 Å². The van der Waals surface area contributed by atoms with E-state index in [4.69, 9.17) is 37.4 Å². The van der Waals surface area contributed by atoms with E-state index in [1.165, 1.54) is 13.2 Å². The van der Waals surface area contributed by atoms with E-state index in [1.54, 1.807) is 60.7 Å². The van der Waals surface area contributed by atoms with Crippen LogP contribution in [0.5, 0.6) is 17.2 Å². The van der Waals surface area contributed by atoms with E-state index in [9.17, 15) is 14.4 Å².